The first-order valence-electron chi connectivity index (χ1n) is 6.70. The average Bonchev–Trinajstić information content (AvgIpc) is 2.45. The summed E-state index contributed by atoms with van der Waals surface area (Å²) in [5, 5.41) is 0. The first kappa shape index (κ1) is 13.0. The Morgan fingerprint density at radius 2 is 2.33 bits per heavy atom. The average molecular weight is 247 g/mol. The number of piperidine rings is 1. The zero-order valence-electron chi connectivity index (χ0n) is 10.7. The molecule has 0 aliphatic carbocycles. The van der Waals surface area contributed by atoms with E-state index in [1.165, 1.54) is 6.42 Å². The zero-order valence-corrected chi connectivity index (χ0v) is 10.7. The minimum absolute atomic E-state index is 0.218. The van der Waals surface area contributed by atoms with Gasteiger partial charge in [0.25, 0.3) is 0 Å². The van der Waals surface area contributed by atoms with Crippen LogP contribution >= 0.6 is 0 Å². The predicted molar refractivity (Wildman–Crippen MR) is 71.0 cm³/mol. The number of aryl methyl sites for hydroxylation is 1. The van der Waals surface area contributed by atoms with E-state index in [2.05, 4.69) is 4.98 Å². The van der Waals surface area contributed by atoms with Gasteiger partial charge in [0.15, 0.2) is 0 Å². The maximum Gasteiger partial charge on any atom is 0.223 e. The summed E-state index contributed by atoms with van der Waals surface area (Å²) in [6, 6.07) is 6.05. The molecule has 4 heteroatoms. The molecule has 98 valence electrons. The van der Waals surface area contributed by atoms with Crippen LogP contribution in [0, 0.1) is 0 Å². The number of hydrogen-bond donors (Lipinski definition) is 1. The van der Waals surface area contributed by atoms with E-state index >= 15 is 0 Å². The maximum absolute atomic E-state index is 12.2. The minimum atomic E-state index is 0.218. The van der Waals surface area contributed by atoms with Gasteiger partial charge < -0.3 is 10.6 Å². The molecule has 1 saturated heterocycles. The summed E-state index contributed by atoms with van der Waals surface area (Å²) in [7, 11) is 0. The summed E-state index contributed by atoms with van der Waals surface area (Å²) < 4.78 is 0. The number of aromatic nitrogens is 1. The monoisotopic (exact) mass is 247 g/mol. The second-order valence-electron chi connectivity index (χ2n) is 4.79. The Morgan fingerprint density at radius 3 is 3.06 bits per heavy atom. The van der Waals surface area contributed by atoms with Gasteiger partial charge in [0.2, 0.25) is 5.91 Å². The molecular weight excluding hydrogens is 226 g/mol. The van der Waals surface area contributed by atoms with Crippen molar-refractivity contribution in [3.63, 3.8) is 0 Å². The summed E-state index contributed by atoms with van der Waals surface area (Å²) in [4.78, 5) is 18.4. The maximum atomic E-state index is 12.2. The number of nitrogens with zero attached hydrogens (tertiary/aromatic N) is 2. The molecule has 18 heavy (non-hydrogen) atoms. The van der Waals surface area contributed by atoms with Crippen molar-refractivity contribution in [2.45, 2.75) is 38.1 Å². The highest BCUT2D eigenvalue weighted by molar-refractivity contribution is 5.76. The van der Waals surface area contributed by atoms with Crippen LogP contribution in [0.25, 0.3) is 0 Å². The molecule has 1 aromatic rings. The summed E-state index contributed by atoms with van der Waals surface area (Å²) in [5.74, 6) is 0.218. The number of rotatable bonds is 4. The predicted octanol–water partition coefficient (Wildman–Crippen LogP) is 1.35. The molecule has 1 unspecified atom stereocenters. The third-order valence-corrected chi connectivity index (χ3v) is 3.54. The molecule has 2 rings (SSSR count). The summed E-state index contributed by atoms with van der Waals surface area (Å²) in [5.41, 5.74) is 6.71. The van der Waals surface area contributed by atoms with Gasteiger partial charge in [0.1, 0.15) is 0 Å². The fourth-order valence-corrected chi connectivity index (χ4v) is 2.50. The van der Waals surface area contributed by atoms with Crippen LogP contribution < -0.4 is 5.73 Å². The van der Waals surface area contributed by atoms with Crippen LogP contribution in [-0.2, 0) is 11.2 Å². The van der Waals surface area contributed by atoms with Crippen LogP contribution in [0.4, 0.5) is 0 Å². The first-order valence-corrected chi connectivity index (χ1v) is 6.70. The minimum Gasteiger partial charge on any atom is -0.338 e. The largest absolute Gasteiger partial charge is 0.338 e. The van der Waals surface area contributed by atoms with E-state index < -0.39 is 0 Å². The Kier molecular flexibility index (Phi) is 4.70. The van der Waals surface area contributed by atoms with E-state index in [1.54, 1.807) is 6.20 Å². The lowest BCUT2D eigenvalue weighted by Crippen LogP contribution is -2.47. The second-order valence-corrected chi connectivity index (χ2v) is 4.79. The standard InChI is InChI=1S/C14H21N3O/c15-11-13-6-2-4-10-17(13)14(18)8-7-12-5-1-3-9-16-12/h1,3,5,9,13H,2,4,6-8,10-11,15H2. The second kappa shape index (κ2) is 6.50. The number of carbonyl (C=O) groups excluding carboxylic acids is 1. The SMILES string of the molecule is NCC1CCCCN1C(=O)CCc1ccccn1. The van der Waals surface area contributed by atoms with Crippen molar-refractivity contribution in [2.75, 3.05) is 13.1 Å². The van der Waals surface area contributed by atoms with Crippen molar-refractivity contribution in [3.05, 3.63) is 30.1 Å². The molecule has 4 nitrogen and oxygen atoms in total. The molecule has 1 aliphatic rings. The molecule has 1 atom stereocenters. The molecule has 1 aromatic heterocycles. The fourth-order valence-electron chi connectivity index (χ4n) is 2.50. The highest BCUT2D eigenvalue weighted by Crippen LogP contribution is 2.17. The van der Waals surface area contributed by atoms with Crippen molar-refractivity contribution < 1.29 is 4.79 Å². The fraction of sp³-hybridized carbons (Fsp3) is 0.571. The van der Waals surface area contributed by atoms with Crippen molar-refractivity contribution in [2.24, 2.45) is 5.73 Å². The van der Waals surface area contributed by atoms with Gasteiger partial charge in [-0.15, -0.1) is 0 Å². The van der Waals surface area contributed by atoms with E-state index in [9.17, 15) is 4.79 Å². The van der Waals surface area contributed by atoms with Crippen molar-refractivity contribution in [1.29, 1.82) is 0 Å². The number of pyridine rings is 1. The van der Waals surface area contributed by atoms with Crippen molar-refractivity contribution in [1.82, 2.24) is 9.88 Å². The van der Waals surface area contributed by atoms with E-state index in [0.717, 1.165) is 25.1 Å². The Bertz CT molecular complexity index is 380. The number of hydrogen-bond acceptors (Lipinski definition) is 3. The van der Waals surface area contributed by atoms with E-state index in [-0.39, 0.29) is 11.9 Å². The van der Waals surface area contributed by atoms with Gasteiger partial charge in [-0.3, -0.25) is 9.78 Å². The number of nitrogens with two attached hydrogens (primary N) is 1. The number of amides is 1. The van der Waals surface area contributed by atoms with Gasteiger partial charge >= 0.3 is 0 Å². The van der Waals surface area contributed by atoms with Gasteiger partial charge in [-0.25, -0.2) is 0 Å². The zero-order chi connectivity index (χ0) is 12.8. The smallest absolute Gasteiger partial charge is 0.223 e. The molecule has 0 radical (unpaired) electrons. The molecule has 2 N–H and O–H groups in total. The van der Waals surface area contributed by atoms with E-state index in [4.69, 9.17) is 5.73 Å². The van der Waals surface area contributed by atoms with Gasteiger partial charge in [0, 0.05) is 37.4 Å². The molecule has 1 amide bonds. The Balaban J connectivity index is 1.87. The van der Waals surface area contributed by atoms with Crippen LogP contribution in [0.3, 0.4) is 0 Å². The van der Waals surface area contributed by atoms with Crippen molar-refractivity contribution in [3.8, 4) is 0 Å². The molecule has 0 bridgehead atoms. The lowest BCUT2D eigenvalue weighted by Gasteiger charge is -2.35. The quantitative estimate of drug-likeness (QED) is 0.873. The highest BCUT2D eigenvalue weighted by atomic mass is 16.2. The summed E-state index contributed by atoms with van der Waals surface area (Å²) in [6.45, 7) is 1.44. The van der Waals surface area contributed by atoms with Crippen LogP contribution in [0.2, 0.25) is 0 Å². The van der Waals surface area contributed by atoms with Crippen LogP contribution in [-0.4, -0.2) is 34.9 Å². The molecular formula is C14H21N3O. The Hall–Kier alpha value is -1.42. The Labute approximate surface area is 108 Å². The van der Waals surface area contributed by atoms with Crippen LogP contribution in [0.1, 0.15) is 31.4 Å². The summed E-state index contributed by atoms with van der Waals surface area (Å²) in [6.07, 6.45) is 6.36. The van der Waals surface area contributed by atoms with Crippen LogP contribution in [0.5, 0.6) is 0 Å². The summed E-state index contributed by atoms with van der Waals surface area (Å²) >= 11 is 0. The van der Waals surface area contributed by atoms with Gasteiger partial charge in [0.05, 0.1) is 0 Å². The third-order valence-electron chi connectivity index (χ3n) is 3.54. The van der Waals surface area contributed by atoms with E-state index in [0.29, 0.717) is 19.4 Å². The molecule has 1 aliphatic heterocycles. The molecule has 2 heterocycles. The topological polar surface area (TPSA) is 59.2 Å². The molecule has 0 aromatic carbocycles. The number of likely N-dealkylation sites (tertiary alicyclic amines) is 1. The normalized spacial score (nSPS) is 19.8. The Morgan fingerprint density at radius 1 is 1.44 bits per heavy atom. The van der Waals surface area contributed by atoms with Gasteiger partial charge in [-0.05, 0) is 37.8 Å². The molecule has 0 spiro atoms. The van der Waals surface area contributed by atoms with Crippen LogP contribution in [0.15, 0.2) is 24.4 Å². The highest BCUT2D eigenvalue weighted by Gasteiger charge is 2.24. The third kappa shape index (κ3) is 3.29. The first-order chi connectivity index (χ1) is 8.81. The number of carbonyl (C=O) groups is 1. The lowest BCUT2D eigenvalue weighted by molar-refractivity contribution is -0.134. The van der Waals surface area contributed by atoms with Gasteiger partial charge in [-0.2, -0.15) is 0 Å². The van der Waals surface area contributed by atoms with E-state index in [1.807, 2.05) is 23.1 Å². The lowest BCUT2D eigenvalue weighted by atomic mass is 10.0. The van der Waals surface area contributed by atoms with Gasteiger partial charge in [-0.1, -0.05) is 6.07 Å². The molecule has 0 saturated carbocycles. The molecule has 1 fully saturated rings. The van der Waals surface area contributed by atoms with Crippen molar-refractivity contribution >= 4 is 5.91 Å².